The third kappa shape index (κ3) is 4.46. The number of carbonyl (C=O) groups excluding carboxylic acids is 1. The summed E-state index contributed by atoms with van der Waals surface area (Å²) in [7, 11) is 0. The summed E-state index contributed by atoms with van der Waals surface area (Å²) in [4.78, 5) is 18.0. The van der Waals surface area contributed by atoms with Gasteiger partial charge in [0, 0.05) is 28.9 Å². The van der Waals surface area contributed by atoms with Crippen molar-refractivity contribution in [1.29, 1.82) is 0 Å². The zero-order valence-corrected chi connectivity index (χ0v) is 17.5. The minimum absolute atomic E-state index is 0.0531. The topological polar surface area (TPSA) is 77.6 Å². The van der Waals surface area contributed by atoms with Crippen LogP contribution in [0.1, 0.15) is 18.3 Å². The van der Waals surface area contributed by atoms with E-state index in [1.807, 2.05) is 30.5 Å². The Kier molecular flexibility index (Phi) is 5.52. The van der Waals surface area contributed by atoms with Gasteiger partial charge in [0.05, 0.1) is 17.6 Å². The smallest absolute Gasteiger partial charge is 0.350 e. The zero-order chi connectivity index (χ0) is 22.2. The molecule has 0 aliphatic heterocycles. The monoisotopic (exact) mass is 448 g/mol. The third-order valence-electron chi connectivity index (χ3n) is 4.69. The Balaban J connectivity index is 1.46. The van der Waals surface area contributed by atoms with E-state index in [-0.39, 0.29) is 19.0 Å². The Morgan fingerprint density at radius 3 is 2.74 bits per heavy atom. The van der Waals surface area contributed by atoms with Gasteiger partial charge in [0.2, 0.25) is 5.91 Å². The van der Waals surface area contributed by atoms with Gasteiger partial charge in [-0.1, -0.05) is 6.07 Å². The molecule has 0 bridgehead atoms. The highest BCUT2D eigenvalue weighted by Crippen LogP contribution is 2.32. The first-order chi connectivity index (χ1) is 14.7. The molecule has 4 heterocycles. The van der Waals surface area contributed by atoms with Crippen LogP contribution in [0, 0.1) is 6.92 Å². The highest BCUT2D eigenvalue weighted by Gasteiger charge is 2.33. The lowest BCUT2D eigenvalue weighted by atomic mass is 10.1. The van der Waals surface area contributed by atoms with Crippen molar-refractivity contribution in [3.8, 4) is 10.4 Å². The molecule has 0 saturated carbocycles. The molecule has 0 spiro atoms. The Morgan fingerprint density at radius 2 is 2.06 bits per heavy atom. The SMILES string of the molecule is Cc1nn(CC(=O)NC(C)Cn2ccc(C(F)(F)F)n2)c2nccc(-c3cccs3)c12. The molecule has 1 unspecified atom stereocenters. The van der Waals surface area contributed by atoms with Crippen molar-refractivity contribution in [3.05, 3.63) is 53.4 Å². The largest absolute Gasteiger partial charge is 0.435 e. The number of rotatable bonds is 6. The van der Waals surface area contributed by atoms with Gasteiger partial charge in [-0.05, 0) is 37.4 Å². The van der Waals surface area contributed by atoms with Gasteiger partial charge < -0.3 is 5.32 Å². The number of hydrogen-bond donors (Lipinski definition) is 1. The maximum atomic E-state index is 12.7. The predicted molar refractivity (Wildman–Crippen MR) is 110 cm³/mol. The molecule has 162 valence electrons. The lowest BCUT2D eigenvalue weighted by Crippen LogP contribution is -2.38. The van der Waals surface area contributed by atoms with Crippen LogP contribution in [0.3, 0.4) is 0 Å². The van der Waals surface area contributed by atoms with E-state index >= 15 is 0 Å². The van der Waals surface area contributed by atoms with E-state index in [9.17, 15) is 18.0 Å². The minimum atomic E-state index is -4.49. The molecular formula is C20H19F3N6OS. The van der Waals surface area contributed by atoms with E-state index in [2.05, 4.69) is 20.5 Å². The maximum absolute atomic E-state index is 12.7. The number of halogens is 3. The summed E-state index contributed by atoms with van der Waals surface area (Å²) in [6.07, 6.45) is -1.57. The average Bonchev–Trinajstić information content (AvgIpc) is 3.42. The van der Waals surface area contributed by atoms with Crippen LogP contribution in [0.5, 0.6) is 0 Å². The molecule has 4 aromatic heterocycles. The zero-order valence-electron chi connectivity index (χ0n) is 16.7. The number of nitrogens with one attached hydrogen (secondary N) is 1. The summed E-state index contributed by atoms with van der Waals surface area (Å²) in [5.41, 5.74) is 1.42. The van der Waals surface area contributed by atoms with Crippen LogP contribution in [0.2, 0.25) is 0 Å². The van der Waals surface area contributed by atoms with Gasteiger partial charge in [0.25, 0.3) is 0 Å². The number of fused-ring (bicyclic) bond motifs is 1. The van der Waals surface area contributed by atoms with E-state index in [1.165, 1.54) is 6.20 Å². The fourth-order valence-corrected chi connectivity index (χ4v) is 4.18. The second-order valence-corrected chi connectivity index (χ2v) is 8.11. The second-order valence-electron chi connectivity index (χ2n) is 7.17. The summed E-state index contributed by atoms with van der Waals surface area (Å²) in [6.45, 7) is 3.63. The third-order valence-corrected chi connectivity index (χ3v) is 5.59. The van der Waals surface area contributed by atoms with Gasteiger partial charge in [-0.2, -0.15) is 23.4 Å². The molecular weight excluding hydrogens is 429 g/mol. The Labute approximate surface area is 179 Å². The molecule has 0 aromatic carbocycles. The van der Waals surface area contributed by atoms with Crippen LogP contribution in [0.25, 0.3) is 21.5 Å². The number of alkyl halides is 3. The minimum Gasteiger partial charge on any atom is -0.350 e. The number of aryl methyl sites for hydroxylation is 1. The lowest BCUT2D eigenvalue weighted by molar-refractivity contribution is -0.141. The highest BCUT2D eigenvalue weighted by molar-refractivity contribution is 7.13. The molecule has 31 heavy (non-hydrogen) atoms. The van der Waals surface area contributed by atoms with E-state index < -0.39 is 17.9 Å². The average molecular weight is 448 g/mol. The Morgan fingerprint density at radius 1 is 1.26 bits per heavy atom. The van der Waals surface area contributed by atoms with Gasteiger partial charge in [-0.15, -0.1) is 11.3 Å². The van der Waals surface area contributed by atoms with E-state index in [1.54, 1.807) is 29.1 Å². The molecule has 0 aliphatic rings. The number of amides is 1. The lowest BCUT2D eigenvalue weighted by Gasteiger charge is -2.14. The first-order valence-electron chi connectivity index (χ1n) is 9.48. The molecule has 0 aliphatic carbocycles. The summed E-state index contributed by atoms with van der Waals surface area (Å²) in [5.74, 6) is -0.316. The summed E-state index contributed by atoms with van der Waals surface area (Å²) >= 11 is 1.61. The first kappa shape index (κ1) is 21.0. The van der Waals surface area contributed by atoms with Gasteiger partial charge >= 0.3 is 6.18 Å². The number of carbonyl (C=O) groups is 1. The predicted octanol–water partition coefficient (Wildman–Crippen LogP) is 3.89. The van der Waals surface area contributed by atoms with Gasteiger partial charge in [-0.3, -0.25) is 9.48 Å². The molecule has 11 heteroatoms. The van der Waals surface area contributed by atoms with Gasteiger partial charge in [-0.25, -0.2) is 9.67 Å². The number of pyridine rings is 1. The molecule has 7 nitrogen and oxygen atoms in total. The number of hydrogen-bond acceptors (Lipinski definition) is 5. The van der Waals surface area contributed by atoms with Crippen molar-refractivity contribution in [2.45, 2.75) is 39.2 Å². The molecule has 1 N–H and O–H groups in total. The number of thiophene rings is 1. The van der Waals surface area contributed by atoms with Crippen molar-refractivity contribution in [1.82, 2.24) is 29.9 Å². The Hall–Kier alpha value is -3.21. The second kappa shape index (κ2) is 8.14. The van der Waals surface area contributed by atoms with E-state index in [0.29, 0.717) is 5.65 Å². The summed E-state index contributed by atoms with van der Waals surface area (Å²) < 4.78 is 40.7. The Bertz CT molecular complexity index is 1210. The fourth-order valence-electron chi connectivity index (χ4n) is 3.43. The van der Waals surface area contributed by atoms with Crippen molar-refractivity contribution in [3.63, 3.8) is 0 Å². The van der Waals surface area contributed by atoms with Crippen LogP contribution in [0.15, 0.2) is 42.0 Å². The highest BCUT2D eigenvalue weighted by atomic mass is 32.1. The molecule has 0 fully saturated rings. The standard InChI is InChI=1S/C20H19F3N6OS/c1-12(10-28-8-6-16(27-28)20(21,22)23)25-17(30)11-29-19-18(13(2)26-29)14(5-7-24-19)15-4-3-9-31-15/h3-9,12H,10-11H2,1-2H3,(H,25,30). The molecule has 4 rings (SSSR count). The van der Waals surface area contributed by atoms with Crippen LogP contribution in [-0.4, -0.2) is 36.5 Å². The first-order valence-corrected chi connectivity index (χ1v) is 10.4. The number of aromatic nitrogens is 5. The molecule has 1 atom stereocenters. The quantitative estimate of drug-likeness (QED) is 0.486. The van der Waals surface area contributed by atoms with Gasteiger partial charge in [0.1, 0.15) is 6.54 Å². The van der Waals surface area contributed by atoms with Crippen LogP contribution in [0.4, 0.5) is 13.2 Å². The normalized spacial score (nSPS) is 12.9. The summed E-state index contributed by atoms with van der Waals surface area (Å²) in [6, 6.07) is 6.40. The van der Waals surface area contributed by atoms with Crippen molar-refractivity contribution in [2.75, 3.05) is 0 Å². The molecule has 0 radical (unpaired) electrons. The fraction of sp³-hybridized carbons (Fsp3) is 0.300. The molecule has 4 aromatic rings. The number of nitrogens with zero attached hydrogens (tertiary/aromatic N) is 5. The van der Waals surface area contributed by atoms with E-state index in [4.69, 9.17) is 0 Å². The molecule has 0 saturated heterocycles. The van der Waals surface area contributed by atoms with Crippen LogP contribution < -0.4 is 5.32 Å². The van der Waals surface area contributed by atoms with E-state index in [0.717, 1.165) is 32.3 Å². The molecule has 1 amide bonds. The van der Waals surface area contributed by atoms with Crippen LogP contribution in [-0.2, 0) is 24.1 Å². The van der Waals surface area contributed by atoms with Crippen molar-refractivity contribution < 1.29 is 18.0 Å². The summed E-state index contributed by atoms with van der Waals surface area (Å²) in [5, 5.41) is 13.6. The van der Waals surface area contributed by atoms with Crippen LogP contribution >= 0.6 is 11.3 Å². The maximum Gasteiger partial charge on any atom is 0.435 e. The van der Waals surface area contributed by atoms with Crippen molar-refractivity contribution >= 4 is 28.3 Å². The van der Waals surface area contributed by atoms with Crippen molar-refractivity contribution in [2.24, 2.45) is 0 Å². The van der Waals surface area contributed by atoms with Gasteiger partial charge in [0.15, 0.2) is 11.3 Å².